The third-order valence-electron chi connectivity index (χ3n) is 11.9. The lowest BCUT2D eigenvalue weighted by molar-refractivity contribution is -0.171. The molecule has 0 heterocycles. The monoisotopic (exact) mass is 1290 g/mol. The molecule has 0 aromatic rings. The molecule has 0 saturated heterocycles. The lowest BCUT2D eigenvalue weighted by Crippen LogP contribution is -2.19. The second-order valence-corrected chi connectivity index (χ2v) is 24.7. The first kappa shape index (κ1) is 108. The number of hydrogen-bond acceptors (Lipinski definition) is 0. The van der Waals surface area contributed by atoms with Crippen LogP contribution in [0.25, 0.3) is 0 Å². The fourth-order valence-electron chi connectivity index (χ4n) is 3.13. The van der Waals surface area contributed by atoms with Crippen LogP contribution in [-0.2, 0) is 0 Å². The number of hydrogen-bond donors (Lipinski definition) is 0. The highest BCUT2D eigenvalue weighted by Gasteiger charge is 2.35. The molecule has 0 rings (SSSR count). The minimum Gasteiger partial charge on any atom is -0.251 e. The average Bonchev–Trinajstić information content (AvgIpc) is 3.35. The fourth-order valence-corrected chi connectivity index (χ4v) is 3.13. The molecule has 6 atom stereocenters. The number of halogens is 17. The van der Waals surface area contributed by atoms with E-state index in [2.05, 4.69) is 111 Å². The topological polar surface area (TPSA) is 0 Å². The van der Waals surface area contributed by atoms with Crippen molar-refractivity contribution in [1.82, 2.24) is 0 Å². The van der Waals surface area contributed by atoms with Crippen LogP contribution in [0, 0.1) is 58.7 Å². The van der Waals surface area contributed by atoms with Gasteiger partial charge in [0.1, 0.15) is 0 Å². The Bertz CT molecular complexity index is 1150. The van der Waals surface area contributed by atoms with E-state index in [0.717, 1.165) is 64.2 Å². The SMILES string of the molecule is CCC(C)(C)C.CCC(C)C.CCC(C)C.CCC(C)C.CCC(C)C(F)(F)F.CCC(C)C(F)F.CCC(C)CF.CCCC(C)(F)F.CCCC(C)(F)F.CCCC(C)C.CCCC(C)C(F)(F)F.CCCC(C)F.[2H]C([2H])(C)C(C)C(F)(F)F. The summed E-state index contributed by atoms with van der Waals surface area (Å²) in [5, 5.41) is 0. The van der Waals surface area contributed by atoms with Gasteiger partial charge in [-0.3, -0.25) is 4.39 Å². The van der Waals surface area contributed by atoms with E-state index in [9.17, 15) is 74.6 Å². The van der Waals surface area contributed by atoms with Gasteiger partial charge in [0.15, 0.2) is 0 Å². The van der Waals surface area contributed by atoms with E-state index in [0.29, 0.717) is 37.5 Å². The molecule has 0 amide bonds. The van der Waals surface area contributed by atoms with E-state index >= 15 is 0 Å². The van der Waals surface area contributed by atoms with Gasteiger partial charge in [0.05, 0.1) is 30.6 Å². The zero-order valence-corrected chi connectivity index (χ0v) is 61.0. The van der Waals surface area contributed by atoms with Crippen molar-refractivity contribution >= 4 is 0 Å². The molecule has 0 aliphatic rings. The Morgan fingerprint density at radius 2 is 0.612 bits per heavy atom. The maximum absolute atomic E-state index is 11.7. The van der Waals surface area contributed by atoms with Gasteiger partial charge >= 0.3 is 18.5 Å². The molecule has 0 saturated carbocycles. The highest BCUT2D eigenvalue weighted by atomic mass is 19.4. The molecule has 6 unspecified atom stereocenters. The molecule has 0 radical (unpaired) electrons. The fraction of sp³-hybridized carbons (Fsp3) is 1.00. The van der Waals surface area contributed by atoms with Crippen LogP contribution in [0.1, 0.15) is 340 Å². The van der Waals surface area contributed by atoms with Crippen LogP contribution >= 0.6 is 0 Å². The van der Waals surface area contributed by atoms with Gasteiger partial charge < -0.3 is 0 Å². The van der Waals surface area contributed by atoms with Crippen LogP contribution in [0.2, 0.25) is 0 Å². The van der Waals surface area contributed by atoms with Gasteiger partial charge in [-0.1, -0.05) is 271 Å². The van der Waals surface area contributed by atoms with E-state index in [-0.39, 0.29) is 38.3 Å². The zero-order valence-electron chi connectivity index (χ0n) is 63.0. The van der Waals surface area contributed by atoms with Crippen molar-refractivity contribution in [3.63, 3.8) is 0 Å². The summed E-state index contributed by atoms with van der Waals surface area (Å²) in [5.41, 5.74) is 0.542. The Balaban J connectivity index is -0.0000000623. The molecule has 0 aromatic carbocycles. The summed E-state index contributed by atoms with van der Waals surface area (Å²) < 4.78 is 211. The third-order valence-corrected chi connectivity index (χ3v) is 11.9. The standard InChI is InChI=1S/C6H11F3.2C6H14.2C5H9F3.3C5H10F2.2C5H11F.3C5H12/c1-3-4-5(2)6(7,8)9;1-5-6(2,3)4;1-4-5-6(2)3;2*1-3-4(2)5(6,7)8;2*1-3-4-5(2,6)7;1-3-4(2)5(6)7;1-3-5(2)4-6;1-3-4-5(2)6;3*1-4-5(2)3/h5H,3-4H2,1-2H3;5H2,1-4H3;6H,4-5H2,1-3H3;2*4H,3H2,1-2H3;2*3-4H2,1-2H3;4-5H,3H2,1-2H3;2*5H,3-4H2,1-2H3;3*5H,4H2,1-3H3/i;;;3D2;;;;;;;;;. The van der Waals surface area contributed by atoms with E-state index < -0.39 is 73.0 Å². The van der Waals surface area contributed by atoms with E-state index in [1.165, 1.54) is 59.3 Å². The van der Waals surface area contributed by atoms with Gasteiger partial charge in [0.25, 0.3) is 0 Å². The minimum atomic E-state index is -4.43. The van der Waals surface area contributed by atoms with Gasteiger partial charge in [0.2, 0.25) is 18.3 Å². The Labute approximate surface area is 521 Å². The van der Waals surface area contributed by atoms with Gasteiger partial charge in [-0.15, -0.1) is 0 Å². The summed E-state index contributed by atoms with van der Waals surface area (Å²) in [6.45, 7) is 59.0. The number of rotatable bonds is 19. The molecular weight excluding hydrogens is 1140 g/mol. The van der Waals surface area contributed by atoms with Crippen molar-refractivity contribution in [2.75, 3.05) is 6.67 Å². The van der Waals surface area contributed by atoms with E-state index in [1.807, 2.05) is 20.8 Å². The summed E-state index contributed by atoms with van der Waals surface area (Å²) in [4.78, 5) is 0. The van der Waals surface area contributed by atoms with Gasteiger partial charge in [-0.25, -0.2) is 30.7 Å². The lowest BCUT2D eigenvalue weighted by Gasteiger charge is -2.13. The molecule has 0 fully saturated rings. The highest BCUT2D eigenvalue weighted by Crippen LogP contribution is 2.30. The molecule has 85 heavy (non-hydrogen) atoms. The molecule has 536 valence electrons. The van der Waals surface area contributed by atoms with Gasteiger partial charge in [-0.2, -0.15) is 39.5 Å². The van der Waals surface area contributed by atoms with Crippen molar-refractivity contribution in [2.45, 2.75) is 380 Å². The van der Waals surface area contributed by atoms with Crippen molar-refractivity contribution in [1.29, 1.82) is 0 Å². The van der Waals surface area contributed by atoms with Crippen LogP contribution in [-0.4, -0.2) is 49.6 Å². The molecule has 0 aliphatic carbocycles. The van der Waals surface area contributed by atoms with E-state index in [1.54, 1.807) is 41.5 Å². The van der Waals surface area contributed by atoms with Crippen molar-refractivity contribution in [3.8, 4) is 0 Å². The second-order valence-electron chi connectivity index (χ2n) is 24.7. The van der Waals surface area contributed by atoms with Gasteiger partial charge in [0, 0.05) is 21.5 Å². The van der Waals surface area contributed by atoms with Crippen molar-refractivity contribution in [3.05, 3.63) is 0 Å². The maximum Gasteiger partial charge on any atom is 0.391 e. The maximum atomic E-state index is 11.7. The Hall–Kier alpha value is -1.19. The zero-order chi connectivity index (χ0) is 73.6. The molecule has 0 nitrogen and oxygen atoms in total. The average molecular weight is 1290 g/mol. The van der Waals surface area contributed by atoms with Gasteiger partial charge in [-0.05, 0) is 87.8 Å². The second kappa shape index (κ2) is 73.5. The molecule has 0 aromatic heterocycles. The quantitative estimate of drug-likeness (QED) is 0.113. The summed E-state index contributed by atoms with van der Waals surface area (Å²) in [5.74, 6) is -5.70. The molecule has 17 heteroatoms. The first-order valence-corrected chi connectivity index (χ1v) is 32.1. The summed E-state index contributed by atoms with van der Waals surface area (Å²) in [6, 6.07) is 0. The van der Waals surface area contributed by atoms with Crippen LogP contribution in [0.4, 0.5) is 74.6 Å². The number of alkyl halides is 17. The first-order valence-electron chi connectivity index (χ1n) is 33.1. The van der Waals surface area contributed by atoms with Crippen LogP contribution in [0.3, 0.4) is 0 Å². The summed E-state index contributed by atoms with van der Waals surface area (Å²) in [6.07, 6.45) is -4.11. The molecule has 0 bridgehead atoms. The Morgan fingerprint density at radius 1 is 0.341 bits per heavy atom. The van der Waals surface area contributed by atoms with E-state index in [4.69, 9.17) is 2.74 Å². The predicted octanol–water partition coefficient (Wildman–Crippen LogP) is 30.5. The highest BCUT2D eigenvalue weighted by molar-refractivity contribution is 4.61. The molecular formula is C68H145F17. The Kier molecular flexibility index (Phi) is 93.8. The first-order chi connectivity index (χ1) is 38.6. The predicted molar refractivity (Wildman–Crippen MR) is 343 cm³/mol. The largest absolute Gasteiger partial charge is 0.391 e. The van der Waals surface area contributed by atoms with Crippen molar-refractivity contribution in [2.24, 2.45) is 58.7 Å². The van der Waals surface area contributed by atoms with Crippen LogP contribution in [0.5, 0.6) is 0 Å². The Morgan fingerprint density at radius 3 is 0.624 bits per heavy atom. The smallest absolute Gasteiger partial charge is 0.251 e. The third kappa shape index (κ3) is 168. The lowest BCUT2D eigenvalue weighted by atomic mass is 9.94. The van der Waals surface area contributed by atoms with Crippen LogP contribution < -0.4 is 0 Å². The molecule has 0 aliphatic heterocycles. The normalized spacial score (nSPS) is 13.7. The molecule has 0 spiro atoms. The summed E-state index contributed by atoms with van der Waals surface area (Å²) >= 11 is 0. The molecule has 0 N–H and O–H groups in total. The van der Waals surface area contributed by atoms with Crippen LogP contribution in [0.15, 0.2) is 0 Å². The summed E-state index contributed by atoms with van der Waals surface area (Å²) in [7, 11) is 0. The van der Waals surface area contributed by atoms with Crippen molar-refractivity contribution < 1.29 is 77.4 Å². The minimum absolute atomic E-state index is 0.00694.